The molecule has 0 saturated carbocycles. The summed E-state index contributed by atoms with van der Waals surface area (Å²) in [5.41, 5.74) is 0. The van der Waals surface area contributed by atoms with Gasteiger partial charge in [0.05, 0.1) is 6.10 Å². The molecule has 0 aromatic carbocycles. The van der Waals surface area contributed by atoms with Crippen molar-refractivity contribution in [2.45, 2.75) is 25.9 Å². The predicted octanol–water partition coefficient (Wildman–Crippen LogP) is 2.25. The van der Waals surface area contributed by atoms with Gasteiger partial charge < -0.3 is 10.1 Å². The van der Waals surface area contributed by atoms with Crippen LogP contribution in [-0.2, 0) is 4.74 Å². The zero-order valence-electron chi connectivity index (χ0n) is 7.34. The molecule has 0 radical (unpaired) electrons. The number of allylic oxidation sites excluding steroid dienone is 1. The number of ether oxygens (including phenoxy) is 1. The number of rotatable bonds is 6. The molecular formula is C9H17NO. The number of methoxy groups -OCH3 is 1. The second-order valence-electron chi connectivity index (χ2n) is 2.67. The molecule has 0 heterocycles. The Labute approximate surface area is 68.8 Å². The second kappa shape index (κ2) is 6.10. The minimum absolute atomic E-state index is 0.217. The van der Waals surface area contributed by atoms with Gasteiger partial charge in [-0.3, -0.25) is 0 Å². The third-order valence-electron chi connectivity index (χ3n) is 1.93. The Balaban J connectivity index is 3.84. The maximum Gasteiger partial charge on any atom is 0.0577 e. The van der Waals surface area contributed by atoms with E-state index in [0.717, 1.165) is 12.8 Å². The Morgan fingerprint density at radius 3 is 2.55 bits per heavy atom. The summed E-state index contributed by atoms with van der Waals surface area (Å²) in [4.78, 5) is 0. The van der Waals surface area contributed by atoms with Crippen LogP contribution < -0.4 is 0 Å². The molecule has 2 atom stereocenters. The van der Waals surface area contributed by atoms with Gasteiger partial charge in [-0.25, -0.2) is 0 Å². The van der Waals surface area contributed by atoms with E-state index in [1.165, 1.54) is 6.21 Å². The smallest absolute Gasteiger partial charge is 0.0577 e. The lowest BCUT2D eigenvalue weighted by Gasteiger charge is -2.19. The van der Waals surface area contributed by atoms with Crippen LogP contribution in [0.4, 0.5) is 0 Å². The lowest BCUT2D eigenvalue weighted by Crippen LogP contribution is -2.18. The summed E-state index contributed by atoms with van der Waals surface area (Å²) in [5, 5.41) is 6.97. The van der Waals surface area contributed by atoms with Crippen molar-refractivity contribution in [2.24, 2.45) is 5.92 Å². The van der Waals surface area contributed by atoms with Crippen LogP contribution >= 0.6 is 0 Å². The van der Waals surface area contributed by atoms with Gasteiger partial charge in [0.2, 0.25) is 0 Å². The van der Waals surface area contributed by atoms with E-state index in [4.69, 9.17) is 10.1 Å². The van der Waals surface area contributed by atoms with E-state index in [-0.39, 0.29) is 6.10 Å². The molecule has 1 N–H and O–H groups in total. The first-order chi connectivity index (χ1) is 5.26. The van der Waals surface area contributed by atoms with E-state index < -0.39 is 0 Å². The first-order valence-electron chi connectivity index (χ1n) is 3.88. The van der Waals surface area contributed by atoms with Crippen LogP contribution in [0, 0.1) is 11.3 Å². The summed E-state index contributed by atoms with van der Waals surface area (Å²) in [6.45, 7) is 5.69. The van der Waals surface area contributed by atoms with Gasteiger partial charge in [0.1, 0.15) is 0 Å². The van der Waals surface area contributed by atoms with Gasteiger partial charge in [-0.1, -0.05) is 6.08 Å². The van der Waals surface area contributed by atoms with E-state index >= 15 is 0 Å². The Morgan fingerprint density at radius 1 is 1.55 bits per heavy atom. The van der Waals surface area contributed by atoms with Gasteiger partial charge in [0.25, 0.3) is 0 Å². The molecule has 0 spiro atoms. The van der Waals surface area contributed by atoms with Crippen molar-refractivity contribution in [3.8, 4) is 0 Å². The Bertz CT molecular complexity index is 113. The summed E-state index contributed by atoms with van der Waals surface area (Å²) in [7, 11) is 1.70. The van der Waals surface area contributed by atoms with Crippen LogP contribution in [0.5, 0.6) is 0 Å². The minimum Gasteiger partial charge on any atom is -0.381 e. The van der Waals surface area contributed by atoms with Gasteiger partial charge in [-0.05, 0) is 31.9 Å². The standard InChI is InChI=1S/C9H17NO/c1-4-5-9(6-7-10)8(2)11-3/h4,7-10H,1,5-6H2,2-3H3. The quantitative estimate of drug-likeness (QED) is 0.463. The van der Waals surface area contributed by atoms with Crippen LogP contribution in [0.15, 0.2) is 12.7 Å². The molecule has 2 nitrogen and oxygen atoms in total. The number of hydrogen-bond donors (Lipinski definition) is 1. The highest BCUT2D eigenvalue weighted by Gasteiger charge is 2.13. The van der Waals surface area contributed by atoms with Gasteiger partial charge >= 0.3 is 0 Å². The van der Waals surface area contributed by atoms with E-state index in [0.29, 0.717) is 5.92 Å². The highest BCUT2D eigenvalue weighted by Crippen LogP contribution is 2.14. The fourth-order valence-electron chi connectivity index (χ4n) is 1.04. The summed E-state index contributed by atoms with van der Waals surface area (Å²) < 4.78 is 5.17. The molecule has 0 aliphatic carbocycles. The molecule has 0 aromatic rings. The lowest BCUT2D eigenvalue weighted by molar-refractivity contribution is 0.0708. The fourth-order valence-corrected chi connectivity index (χ4v) is 1.04. The Kier molecular flexibility index (Phi) is 5.75. The Morgan fingerprint density at radius 2 is 2.18 bits per heavy atom. The molecule has 0 bridgehead atoms. The SMILES string of the molecule is C=CCC(CC=N)C(C)OC. The van der Waals surface area contributed by atoms with Gasteiger partial charge in [-0.15, -0.1) is 6.58 Å². The summed E-state index contributed by atoms with van der Waals surface area (Å²) in [5.74, 6) is 0.412. The van der Waals surface area contributed by atoms with Crippen molar-refractivity contribution in [3.63, 3.8) is 0 Å². The molecule has 2 heteroatoms. The summed E-state index contributed by atoms with van der Waals surface area (Å²) in [6.07, 6.45) is 5.23. The van der Waals surface area contributed by atoms with Gasteiger partial charge in [0, 0.05) is 7.11 Å². The maximum atomic E-state index is 6.97. The molecular weight excluding hydrogens is 138 g/mol. The van der Waals surface area contributed by atoms with Crippen molar-refractivity contribution < 1.29 is 4.74 Å². The molecule has 0 saturated heterocycles. The fraction of sp³-hybridized carbons (Fsp3) is 0.667. The molecule has 0 aromatic heterocycles. The van der Waals surface area contributed by atoms with E-state index in [9.17, 15) is 0 Å². The van der Waals surface area contributed by atoms with Crippen molar-refractivity contribution in [1.82, 2.24) is 0 Å². The van der Waals surface area contributed by atoms with Gasteiger partial charge in [-0.2, -0.15) is 0 Å². The summed E-state index contributed by atoms with van der Waals surface area (Å²) >= 11 is 0. The van der Waals surface area contributed by atoms with E-state index in [2.05, 4.69) is 6.58 Å². The average Bonchev–Trinajstić information content (AvgIpc) is 2.03. The van der Waals surface area contributed by atoms with Crippen molar-refractivity contribution in [1.29, 1.82) is 5.41 Å². The van der Waals surface area contributed by atoms with Crippen LogP contribution in [0.2, 0.25) is 0 Å². The lowest BCUT2D eigenvalue weighted by atomic mass is 9.96. The number of nitrogens with one attached hydrogen (secondary N) is 1. The zero-order valence-corrected chi connectivity index (χ0v) is 7.34. The second-order valence-corrected chi connectivity index (χ2v) is 2.67. The van der Waals surface area contributed by atoms with Crippen molar-refractivity contribution in [2.75, 3.05) is 7.11 Å². The highest BCUT2D eigenvalue weighted by atomic mass is 16.5. The normalized spacial score (nSPS) is 15.5. The van der Waals surface area contributed by atoms with Crippen molar-refractivity contribution >= 4 is 6.21 Å². The van der Waals surface area contributed by atoms with Crippen LogP contribution in [0.25, 0.3) is 0 Å². The molecule has 2 unspecified atom stereocenters. The highest BCUT2D eigenvalue weighted by molar-refractivity contribution is 5.53. The van der Waals surface area contributed by atoms with Gasteiger partial charge in [0.15, 0.2) is 0 Å². The maximum absolute atomic E-state index is 6.97. The topological polar surface area (TPSA) is 33.1 Å². The Hall–Kier alpha value is -0.630. The molecule has 0 rings (SSSR count). The van der Waals surface area contributed by atoms with Crippen LogP contribution in [0.1, 0.15) is 19.8 Å². The largest absolute Gasteiger partial charge is 0.381 e. The minimum atomic E-state index is 0.217. The van der Waals surface area contributed by atoms with E-state index in [1.54, 1.807) is 7.11 Å². The van der Waals surface area contributed by atoms with Crippen LogP contribution in [-0.4, -0.2) is 19.4 Å². The third kappa shape index (κ3) is 3.94. The monoisotopic (exact) mass is 155 g/mol. The molecule has 0 amide bonds. The molecule has 0 aliphatic heterocycles. The average molecular weight is 155 g/mol. The molecule has 0 aliphatic rings. The first kappa shape index (κ1) is 10.4. The molecule has 0 fully saturated rings. The third-order valence-corrected chi connectivity index (χ3v) is 1.93. The first-order valence-corrected chi connectivity index (χ1v) is 3.88. The van der Waals surface area contributed by atoms with E-state index in [1.807, 2.05) is 13.0 Å². The summed E-state index contributed by atoms with van der Waals surface area (Å²) in [6, 6.07) is 0. The predicted molar refractivity (Wildman–Crippen MR) is 48.2 cm³/mol. The van der Waals surface area contributed by atoms with Crippen LogP contribution in [0.3, 0.4) is 0 Å². The molecule has 11 heavy (non-hydrogen) atoms. The van der Waals surface area contributed by atoms with Crippen molar-refractivity contribution in [3.05, 3.63) is 12.7 Å². The molecule has 64 valence electrons. The number of hydrogen-bond acceptors (Lipinski definition) is 2. The zero-order chi connectivity index (χ0) is 8.69.